The number of methoxy groups -OCH3 is 1. The highest BCUT2D eigenvalue weighted by atomic mass is 79.9. The number of ether oxygens (including phenoxy) is 2. The molecule has 0 spiro atoms. The molecule has 4 heteroatoms. The van der Waals surface area contributed by atoms with Gasteiger partial charge in [-0.15, -0.1) is 0 Å². The van der Waals surface area contributed by atoms with Crippen LogP contribution in [0.3, 0.4) is 0 Å². The zero-order valence-corrected chi connectivity index (χ0v) is 14.1. The van der Waals surface area contributed by atoms with E-state index in [0.29, 0.717) is 0 Å². The Kier molecular flexibility index (Phi) is 5.51. The van der Waals surface area contributed by atoms with Gasteiger partial charge in [-0.1, -0.05) is 15.9 Å². The molecule has 0 aliphatic carbocycles. The molecule has 0 bridgehead atoms. The molecule has 0 heterocycles. The van der Waals surface area contributed by atoms with Crippen molar-refractivity contribution in [3.8, 4) is 11.5 Å². The smallest absolute Gasteiger partial charge is 0.119 e. The molecule has 2 aromatic rings. The van der Waals surface area contributed by atoms with E-state index in [4.69, 9.17) is 9.47 Å². The van der Waals surface area contributed by atoms with E-state index in [1.807, 2.05) is 56.3 Å². The Balaban J connectivity index is 1.99. The molecule has 2 aromatic carbocycles. The van der Waals surface area contributed by atoms with Gasteiger partial charge in [-0.25, -0.2) is 0 Å². The van der Waals surface area contributed by atoms with E-state index in [2.05, 4.69) is 21.2 Å². The number of anilines is 1. The van der Waals surface area contributed by atoms with Gasteiger partial charge in [0.2, 0.25) is 0 Å². The molecule has 0 unspecified atom stereocenters. The van der Waals surface area contributed by atoms with Crippen LogP contribution >= 0.6 is 15.9 Å². The quantitative estimate of drug-likeness (QED) is 0.807. The fourth-order valence-corrected chi connectivity index (χ4v) is 2.32. The van der Waals surface area contributed by atoms with Crippen molar-refractivity contribution >= 4 is 21.6 Å². The van der Waals surface area contributed by atoms with Crippen molar-refractivity contribution in [1.82, 2.24) is 0 Å². The fourth-order valence-electron chi connectivity index (χ4n) is 1.93. The molecule has 0 saturated heterocycles. The lowest BCUT2D eigenvalue weighted by Gasteiger charge is -2.12. The monoisotopic (exact) mass is 349 g/mol. The first-order valence-corrected chi connectivity index (χ1v) is 7.71. The Morgan fingerprint density at radius 3 is 2.33 bits per heavy atom. The van der Waals surface area contributed by atoms with Crippen LogP contribution in [0.1, 0.15) is 19.4 Å². The maximum atomic E-state index is 5.63. The van der Waals surface area contributed by atoms with Gasteiger partial charge in [0.25, 0.3) is 0 Å². The zero-order valence-electron chi connectivity index (χ0n) is 12.5. The summed E-state index contributed by atoms with van der Waals surface area (Å²) in [6, 6.07) is 13.9. The molecule has 0 aliphatic heterocycles. The molecule has 3 nitrogen and oxygen atoms in total. The molecule has 0 saturated carbocycles. The summed E-state index contributed by atoms with van der Waals surface area (Å²) in [6.45, 7) is 4.77. The minimum absolute atomic E-state index is 0.191. The lowest BCUT2D eigenvalue weighted by molar-refractivity contribution is 0.242. The number of hydrogen-bond acceptors (Lipinski definition) is 3. The maximum Gasteiger partial charge on any atom is 0.119 e. The third-order valence-corrected chi connectivity index (χ3v) is 3.74. The highest BCUT2D eigenvalue weighted by Crippen LogP contribution is 2.24. The number of nitrogens with one attached hydrogen (secondary N) is 1. The van der Waals surface area contributed by atoms with Gasteiger partial charge >= 0.3 is 0 Å². The molecule has 1 N–H and O–H groups in total. The van der Waals surface area contributed by atoms with Crippen LogP contribution in [0, 0.1) is 0 Å². The van der Waals surface area contributed by atoms with E-state index in [-0.39, 0.29) is 6.10 Å². The molecular weight excluding hydrogens is 330 g/mol. The van der Waals surface area contributed by atoms with Crippen molar-refractivity contribution < 1.29 is 9.47 Å². The first kappa shape index (κ1) is 15.7. The van der Waals surface area contributed by atoms with E-state index in [1.54, 1.807) is 7.11 Å². The number of benzene rings is 2. The summed E-state index contributed by atoms with van der Waals surface area (Å²) in [5.74, 6) is 1.74. The predicted octanol–water partition coefficient (Wildman–Crippen LogP) is 4.86. The third kappa shape index (κ3) is 4.67. The fraction of sp³-hybridized carbons (Fsp3) is 0.294. The summed E-state index contributed by atoms with van der Waals surface area (Å²) in [5.41, 5.74) is 2.21. The lowest BCUT2D eigenvalue weighted by atomic mass is 10.2. The molecule has 21 heavy (non-hydrogen) atoms. The Labute approximate surface area is 134 Å². The van der Waals surface area contributed by atoms with Gasteiger partial charge in [0.1, 0.15) is 11.5 Å². The highest BCUT2D eigenvalue weighted by Gasteiger charge is 2.03. The molecule has 112 valence electrons. The van der Waals surface area contributed by atoms with Gasteiger partial charge < -0.3 is 14.8 Å². The van der Waals surface area contributed by atoms with Crippen molar-refractivity contribution in [2.24, 2.45) is 0 Å². The number of halogens is 1. The van der Waals surface area contributed by atoms with E-state index in [1.165, 1.54) is 0 Å². The van der Waals surface area contributed by atoms with E-state index < -0.39 is 0 Å². The van der Waals surface area contributed by atoms with Gasteiger partial charge in [0, 0.05) is 16.7 Å². The molecule has 2 rings (SSSR count). The molecule has 0 radical (unpaired) electrons. The second kappa shape index (κ2) is 7.36. The van der Waals surface area contributed by atoms with Crippen molar-refractivity contribution in [3.05, 3.63) is 52.5 Å². The summed E-state index contributed by atoms with van der Waals surface area (Å²) in [4.78, 5) is 0. The topological polar surface area (TPSA) is 30.5 Å². The Morgan fingerprint density at radius 2 is 1.71 bits per heavy atom. The Morgan fingerprint density at radius 1 is 1.05 bits per heavy atom. The predicted molar refractivity (Wildman–Crippen MR) is 90.2 cm³/mol. The van der Waals surface area contributed by atoms with Gasteiger partial charge in [0.05, 0.1) is 13.2 Å². The second-order valence-electron chi connectivity index (χ2n) is 5.00. The van der Waals surface area contributed by atoms with Crippen molar-refractivity contribution in [2.75, 3.05) is 12.4 Å². The van der Waals surface area contributed by atoms with Crippen molar-refractivity contribution in [1.29, 1.82) is 0 Å². The second-order valence-corrected chi connectivity index (χ2v) is 5.86. The van der Waals surface area contributed by atoms with Crippen LogP contribution in [0.5, 0.6) is 11.5 Å². The summed E-state index contributed by atoms with van der Waals surface area (Å²) in [7, 11) is 1.67. The van der Waals surface area contributed by atoms with Gasteiger partial charge in [-0.3, -0.25) is 0 Å². The van der Waals surface area contributed by atoms with Crippen LogP contribution in [-0.2, 0) is 6.54 Å². The number of rotatable bonds is 6. The van der Waals surface area contributed by atoms with Crippen LogP contribution in [0.25, 0.3) is 0 Å². The largest absolute Gasteiger partial charge is 0.497 e. The van der Waals surface area contributed by atoms with Gasteiger partial charge in [-0.05, 0) is 61.9 Å². The average Bonchev–Trinajstić information content (AvgIpc) is 2.47. The summed E-state index contributed by atoms with van der Waals surface area (Å²) in [5, 5.41) is 3.39. The minimum Gasteiger partial charge on any atom is -0.497 e. The summed E-state index contributed by atoms with van der Waals surface area (Å²) < 4.78 is 11.9. The van der Waals surface area contributed by atoms with E-state index in [0.717, 1.165) is 33.8 Å². The van der Waals surface area contributed by atoms with Crippen LogP contribution in [0.2, 0.25) is 0 Å². The molecule has 0 amide bonds. The van der Waals surface area contributed by atoms with Crippen molar-refractivity contribution in [2.45, 2.75) is 26.5 Å². The molecule has 0 aliphatic rings. The van der Waals surface area contributed by atoms with Crippen molar-refractivity contribution in [3.63, 3.8) is 0 Å². The molecular formula is C17H20BrNO2. The third-order valence-electron chi connectivity index (χ3n) is 2.96. The van der Waals surface area contributed by atoms with Crippen LogP contribution < -0.4 is 14.8 Å². The van der Waals surface area contributed by atoms with E-state index in [9.17, 15) is 0 Å². The summed E-state index contributed by atoms with van der Waals surface area (Å²) >= 11 is 3.56. The van der Waals surface area contributed by atoms with Crippen LogP contribution in [-0.4, -0.2) is 13.2 Å². The first-order chi connectivity index (χ1) is 10.1. The average molecular weight is 350 g/mol. The highest BCUT2D eigenvalue weighted by molar-refractivity contribution is 9.10. The number of hydrogen-bond donors (Lipinski definition) is 1. The maximum absolute atomic E-state index is 5.63. The van der Waals surface area contributed by atoms with Gasteiger partial charge in [0.15, 0.2) is 0 Å². The Hall–Kier alpha value is -1.68. The lowest BCUT2D eigenvalue weighted by Crippen LogP contribution is -2.05. The standard InChI is InChI=1S/C17H20BrNO2/c1-12(2)21-15-6-4-14(5-7-15)19-11-13-10-16(20-3)8-9-17(13)18/h4-10,12,19H,11H2,1-3H3. The normalized spacial score (nSPS) is 10.5. The van der Waals surface area contributed by atoms with E-state index >= 15 is 0 Å². The summed E-state index contributed by atoms with van der Waals surface area (Å²) in [6.07, 6.45) is 0.191. The zero-order chi connectivity index (χ0) is 15.2. The first-order valence-electron chi connectivity index (χ1n) is 6.91. The Bertz CT molecular complexity index is 582. The molecule has 0 fully saturated rings. The minimum atomic E-state index is 0.191. The SMILES string of the molecule is COc1ccc(Br)c(CNc2ccc(OC(C)C)cc2)c1. The molecule has 0 atom stereocenters. The van der Waals surface area contributed by atoms with Crippen LogP contribution in [0.15, 0.2) is 46.9 Å². The van der Waals surface area contributed by atoms with Gasteiger partial charge in [-0.2, -0.15) is 0 Å². The molecule has 0 aromatic heterocycles. The van der Waals surface area contributed by atoms with Crippen LogP contribution in [0.4, 0.5) is 5.69 Å².